The monoisotopic (exact) mass is 488 g/mol. The molecule has 0 unspecified atom stereocenters. The number of esters is 1. The number of hydrogen-bond acceptors (Lipinski definition) is 8. The fourth-order valence-corrected chi connectivity index (χ4v) is 4.49. The van der Waals surface area contributed by atoms with Crippen LogP contribution < -0.4 is 4.74 Å². The summed E-state index contributed by atoms with van der Waals surface area (Å²) in [4.78, 5) is 28.4. The molecule has 9 nitrogen and oxygen atoms in total. The zero-order valence-corrected chi connectivity index (χ0v) is 18.7. The highest BCUT2D eigenvalue weighted by atomic mass is 35.5. The van der Waals surface area contributed by atoms with Crippen LogP contribution in [0.25, 0.3) is 6.08 Å². The number of amides is 1. The number of thioether (sulfide) groups is 1. The van der Waals surface area contributed by atoms with Gasteiger partial charge in [0.2, 0.25) is 19.4 Å². The zero-order chi connectivity index (χ0) is 23.0. The molecule has 2 aliphatic heterocycles. The van der Waals surface area contributed by atoms with Crippen molar-refractivity contribution in [2.75, 3.05) is 6.26 Å². The SMILES string of the molecule is CS(=O)(=O)C1=NN2C(=N)C(=Cc3ccc(OC(=O)c4ccc(Cl)cc4)cc3)C(=O)N=C2S1. The minimum atomic E-state index is -3.60. The third-order valence-electron chi connectivity index (χ3n) is 4.23. The van der Waals surface area contributed by atoms with Crippen LogP contribution >= 0.6 is 23.4 Å². The van der Waals surface area contributed by atoms with Crippen LogP contribution in [0.4, 0.5) is 0 Å². The molecule has 0 aromatic heterocycles. The molecule has 1 amide bonds. The highest BCUT2D eigenvalue weighted by Crippen LogP contribution is 2.30. The van der Waals surface area contributed by atoms with Crippen molar-refractivity contribution in [2.45, 2.75) is 0 Å². The van der Waals surface area contributed by atoms with Gasteiger partial charge in [0.25, 0.3) is 5.91 Å². The summed E-state index contributed by atoms with van der Waals surface area (Å²) in [6.45, 7) is 0. The predicted octanol–water partition coefficient (Wildman–Crippen LogP) is 3.18. The Morgan fingerprint density at radius 2 is 1.81 bits per heavy atom. The van der Waals surface area contributed by atoms with Crippen LogP contribution in [0, 0.1) is 5.41 Å². The van der Waals surface area contributed by atoms with Crippen LogP contribution in [-0.2, 0) is 14.6 Å². The maximum absolute atomic E-state index is 12.4. The Balaban J connectivity index is 1.52. The van der Waals surface area contributed by atoms with Gasteiger partial charge in [-0.15, -0.1) is 5.10 Å². The summed E-state index contributed by atoms with van der Waals surface area (Å²) >= 11 is 6.53. The summed E-state index contributed by atoms with van der Waals surface area (Å²) in [5, 5.41) is 13.7. The first-order valence-corrected chi connectivity index (χ1v) is 12.0. The molecule has 2 aromatic carbocycles. The van der Waals surface area contributed by atoms with Gasteiger partial charge in [-0.25, -0.2) is 13.2 Å². The number of benzene rings is 2. The van der Waals surface area contributed by atoms with E-state index in [1.54, 1.807) is 36.4 Å². The Kier molecular flexibility index (Phi) is 5.71. The number of ether oxygens (including phenoxy) is 1. The second kappa shape index (κ2) is 8.34. The van der Waals surface area contributed by atoms with Crippen LogP contribution in [0.5, 0.6) is 5.75 Å². The Morgan fingerprint density at radius 3 is 2.44 bits per heavy atom. The fraction of sp³-hybridized carbons (Fsp3) is 0.0500. The van der Waals surface area contributed by atoms with E-state index in [0.29, 0.717) is 16.1 Å². The molecule has 4 rings (SSSR count). The molecule has 0 saturated carbocycles. The number of nitrogens with zero attached hydrogens (tertiary/aromatic N) is 3. The van der Waals surface area contributed by atoms with E-state index in [2.05, 4.69) is 10.1 Å². The van der Waals surface area contributed by atoms with Crippen molar-refractivity contribution in [2.24, 2.45) is 10.1 Å². The summed E-state index contributed by atoms with van der Waals surface area (Å²) in [6.07, 6.45) is 2.41. The van der Waals surface area contributed by atoms with E-state index in [9.17, 15) is 18.0 Å². The number of sulfone groups is 1. The molecule has 12 heteroatoms. The van der Waals surface area contributed by atoms with Gasteiger partial charge < -0.3 is 4.74 Å². The number of fused-ring (bicyclic) bond motifs is 1. The Morgan fingerprint density at radius 1 is 1.16 bits per heavy atom. The summed E-state index contributed by atoms with van der Waals surface area (Å²) < 4.78 is 28.5. The van der Waals surface area contributed by atoms with Gasteiger partial charge in [-0.1, -0.05) is 23.7 Å². The van der Waals surface area contributed by atoms with Gasteiger partial charge in [0.1, 0.15) is 5.75 Å². The highest BCUT2D eigenvalue weighted by Gasteiger charge is 2.38. The van der Waals surface area contributed by atoms with Crippen molar-refractivity contribution in [1.82, 2.24) is 5.01 Å². The second-order valence-electron chi connectivity index (χ2n) is 6.62. The molecular weight excluding hydrogens is 476 g/mol. The summed E-state index contributed by atoms with van der Waals surface area (Å²) in [7, 11) is -3.60. The molecule has 0 radical (unpaired) electrons. The van der Waals surface area contributed by atoms with Crippen molar-refractivity contribution < 1.29 is 22.7 Å². The Hall–Kier alpha value is -3.28. The number of halogens is 1. The fourth-order valence-electron chi connectivity index (χ4n) is 2.68. The molecule has 32 heavy (non-hydrogen) atoms. The van der Waals surface area contributed by atoms with Gasteiger partial charge in [-0.3, -0.25) is 10.2 Å². The largest absolute Gasteiger partial charge is 0.423 e. The minimum Gasteiger partial charge on any atom is -0.423 e. The summed E-state index contributed by atoms with van der Waals surface area (Å²) in [5.41, 5.74) is 0.828. The van der Waals surface area contributed by atoms with Crippen LogP contribution in [0.3, 0.4) is 0 Å². The molecule has 1 N–H and O–H groups in total. The lowest BCUT2D eigenvalue weighted by molar-refractivity contribution is -0.114. The van der Waals surface area contributed by atoms with E-state index >= 15 is 0 Å². The first-order valence-electron chi connectivity index (χ1n) is 8.90. The number of hydrazone groups is 1. The van der Waals surface area contributed by atoms with Crippen molar-refractivity contribution in [3.8, 4) is 5.75 Å². The van der Waals surface area contributed by atoms with E-state index in [1.807, 2.05) is 0 Å². The molecule has 2 aromatic rings. The first kappa shape index (κ1) is 21.9. The van der Waals surface area contributed by atoms with Gasteiger partial charge in [0.15, 0.2) is 5.84 Å². The molecule has 2 aliphatic rings. The topological polar surface area (TPSA) is 129 Å². The highest BCUT2D eigenvalue weighted by molar-refractivity contribution is 8.42. The average Bonchev–Trinajstić information content (AvgIpc) is 3.17. The Labute approximate surface area is 191 Å². The molecular formula is C20H13ClN4O5S2. The van der Waals surface area contributed by atoms with Crippen LogP contribution in [0.2, 0.25) is 5.02 Å². The van der Waals surface area contributed by atoms with E-state index in [0.717, 1.165) is 23.0 Å². The molecule has 0 saturated heterocycles. The number of amidine groups is 2. The molecule has 0 atom stereocenters. The van der Waals surface area contributed by atoms with E-state index < -0.39 is 21.7 Å². The van der Waals surface area contributed by atoms with E-state index in [1.165, 1.54) is 18.2 Å². The number of rotatable bonds is 3. The third-order valence-corrected chi connectivity index (χ3v) is 7.06. The number of hydrogen-bond donors (Lipinski definition) is 1. The standard InChI is InChI=1S/C20H13ClN4O5S2/c1-32(28,29)20-24-25-16(22)15(17(26)23-19(25)31-20)10-11-2-8-14(9-3-11)30-18(27)12-4-6-13(21)7-5-12/h2-10,22H,1H3. The smallest absolute Gasteiger partial charge is 0.343 e. The third kappa shape index (κ3) is 4.49. The molecule has 2 heterocycles. The maximum Gasteiger partial charge on any atom is 0.343 e. The van der Waals surface area contributed by atoms with Crippen molar-refractivity contribution in [3.05, 3.63) is 70.3 Å². The zero-order valence-electron chi connectivity index (χ0n) is 16.3. The van der Waals surface area contributed by atoms with Crippen molar-refractivity contribution in [3.63, 3.8) is 0 Å². The predicted molar refractivity (Wildman–Crippen MR) is 123 cm³/mol. The van der Waals surface area contributed by atoms with Gasteiger partial charge in [-0.05, 0) is 59.8 Å². The number of nitrogens with one attached hydrogen (secondary N) is 1. The Bertz CT molecular complexity index is 1350. The quantitative estimate of drug-likeness (QED) is 0.399. The summed E-state index contributed by atoms with van der Waals surface area (Å²) in [6, 6.07) is 12.5. The first-order chi connectivity index (χ1) is 15.1. The molecule has 162 valence electrons. The van der Waals surface area contributed by atoms with Gasteiger partial charge in [0, 0.05) is 11.3 Å². The normalized spacial score (nSPS) is 17.2. The van der Waals surface area contributed by atoms with E-state index in [-0.39, 0.29) is 26.7 Å². The summed E-state index contributed by atoms with van der Waals surface area (Å²) in [5.74, 6) is -1.23. The molecule has 0 bridgehead atoms. The van der Waals surface area contributed by atoms with Crippen LogP contribution in [0.15, 0.2) is 64.2 Å². The van der Waals surface area contributed by atoms with Crippen LogP contribution in [-0.4, -0.2) is 46.9 Å². The maximum atomic E-state index is 12.4. The number of carbonyl (C=O) groups is 2. The lowest BCUT2D eigenvalue weighted by Crippen LogP contribution is -2.35. The number of aliphatic imine (C=N–C) groups is 1. The number of carbonyl (C=O) groups excluding carboxylic acids is 2. The minimum absolute atomic E-state index is 0.0158. The lowest BCUT2D eigenvalue weighted by atomic mass is 10.1. The van der Waals surface area contributed by atoms with Gasteiger partial charge in [-0.2, -0.15) is 10.0 Å². The molecule has 0 fully saturated rings. The molecule has 0 spiro atoms. The van der Waals surface area contributed by atoms with E-state index in [4.69, 9.17) is 21.7 Å². The van der Waals surface area contributed by atoms with Crippen LogP contribution in [0.1, 0.15) is 15.9 Å². The van der Waals surface area contributed by atoms with Gasteiger partial charge >= 0.3 is 5.97 Å². The second-order valence-corrected chi connectivity index (χ2v) is 10.2. The molecule has 0 aliphatic carbocycles. The average molecular weight is 489 g/mol. The lowest BCUT2D eigenvalue weighted by Gasteiger charge is -2.20. The van der Waals surface area contributed by atoms with Gasteiger partial charge in [0.05, 0.1) is 11.1 Å². The van der Waals surface area contributed by atoms with Crippen molar-refractivity contribution in [1.29, 1.82) is 5.41 Å². The van der Waals surface area contributed by atoms with Crippen molar-refractivity contribution >= 4 is 66.5 Å².